The molecule has 4 heteroatoms. The van der Waals surface area contributed by atoms with E-state index >= 15 is 0 Å². The van der Waals surface area contributed by atoms with Crippen LogP contribution >= 0.6 is 0 Å². The molecule has 2 atom stereocenters. The van der Waals surface area contributed by atoms with Gasteiger partial charge in [-0.15, -0.1) is 0 Å². The molecule has 1 rings (SSSR count). The molecule has 0 amide bonds. The van der Waals surface area contributed by atoms with Gasteiger partial charge in [-0.2, -0.15) is 0 Å². The van der Waals surface area contributed by atoms with Crippen LogP contribution in [-0.2, 0) is 11.2 Å². The van der Waals surface area contributed by atoms with Crippen molar-refractivity contribution in [2.45, 2.75) is 38.3 Å². The van der Waals surface area contributed by atoms with E-state index < -0.39 is 0 Å². The van der Waals surface area contributed by atoms with Crippen molar-refractivity contribution in [3.8, 4) is 0 Å². The fraction of sp³-hybridized carbons (Fsp3) is 0.538. The molecular formula is C13H21FN2O. The van der Waals surface area contributed by atoms with Gasteiger partial charge >= 0.3 is 0 Å². The maximum atomic E-state index is 13.1. The first-order valence-corrected chi connectivity index (χ1v) is 5.81. The topological polar surface area (TPSA) is 47.3 Å². The van der Waals surface area contributed by atoms with Crippen LogP contribution < -0.4 is 11.3 Å². The molecule has 0 saturated carbocycles. The quantitative estimate of drug-likeness (QED) is 0.590. The van der Waals surface area contributed by atoms with Crippen LogP contribution in [0.1, 0.15) is 25.8 Å². The minimum absolute atomic E-state index is 0.0562. The van der Waals surface area contributed by atoms with Crippen molar-refractivity contribution in [3.63, 3.8) is 0 Å². The number of ether oxygens (including phenoxy) is 1. The third kappa shape index (κ3) is 3.49. The van der Waals surface area contributed by atoms with Gasteiger partial charge in [0.25, 0.3) is 0 Å². The van der Waals surface area contributed by atoms with E-state index in [0.29, 0.717) is 6.42 Å². The highest BCUT2D eigenvalue weighted by molar-refractivity contribution is 5.18. The molecule has 0 heterocycles. The molecule has 0 aliphatic rings. The number of rotatable bonds is 6. The smallest absolute Gasteiger partial charge is 0.123 e. The van der Waals surface area contributed by atoms with Crippen LogP contribution in [0.2, 0.25) is 0 Å². The fourth-order valence-corrected chi connectivity index (χ4v) is 1.88. The van der Waals surface area contributed by atoms with Crippen molar-refractivity contribution in [2.75, 3.05) is 7.11 Å². The lowest BCUT2D eigenvalue weighted by atomic mass is 9.89. The lowest BCUT2D eigenvalue weighted by Gasteiger charge is -2.35. The Morgan fingerprint density at radius 3 is 2.71 bits per heavy atom. The Morgan fingerprint density at radius 1 is 1.53 bits per heavy atom. The van der Waals surface area contributed by atoms with Gasteiger partial charge in [0.05, 0.1) is 11.6 Å². The highest BCUT2D eigenvalue weighted by Gasteiger charge is 2.31. The van der Waals surface area contributed by atoms with Crippen molar-refractivity contribution in [1.82, 2.24) is 5.43 Å². The molecule has 0 radical (unpaired) electrons. The molecule has 0 aliphatic heterocycles. The molecule has 3 N–H and O–H groups in total. The molecule has 0 aromatic heterocycles. The minimum Gasteiger partial charge on any atom is -0.377 e. The van der Waals surface area contributed by atoms with E-state index in [9.17, 15) is 4.39 Å². The molecule has 17 heavy (non-hydrogen) atoms. The second-order valence-electron chi connectivity index (χ2n) is 4.42. The predicted molar refractivity (Wildman–Crippen MR) is 66.9 cm³/mol. The van der Waals surface area contributed by atoms with Crippen LogP contribution in [0.3, 0.4) is 0 Å². The number of hydrazine groups is 1. The summed E-state index contributed by atoms with van der Waals surface area (Å²) in [6.45, 7) is 4.04. The Hall–Kier alpha value is -0.970. The maximum Gasteiger partial charge on any atom is 0.123 e. The van der Waals surface area contributed by atoms with E-state index in [1.807, 2.05) is 19.9 Å². The number of halogens is 1. The summed E-state index contributed by atoms with van der Waals surface area (Å²) in [7, 11) is 1.67. The normalized spacial score (nSPS) is 16.5. The minimum atomic E-state index is -0.360. The standard InChI is InChI=1S/C13H21FN2O/c1-4-13(2,17-3)12(16-15)9-10-6-5-7-11(14)8-10/h5-8,12,16H,4,9,15H2,1-3H3. The molecular weight excluding hydrogens is 219 g/mol. The van der Waals surface area contributed by atoms with E-state index in [0.717, 1.165) is 12.0 Å². The van der Waals surface area contributed by atoms with E-state index in [1.54, 1.807) is 13.2 Å². The second-order valence-corrected chi connectivity index (χ2v) is 4.42. The van der Waals surface area contributed by atoms with Crippen LogP contribution in [0.5, 0.6) is 0 Å². The van der Waals surface area contributed by atoms with E-state index in [2.05, 4.69) is 5.43 Å². The van der Waals surface area contributed by atoms with Crippen molar-refractivity contribution < 1.29 is 9.13 Å². The number of benzene rings is 1. The summed E-state index contributed by atoms with van der Waals surface area (Å²) in [5.41, 5.74) is 3.31. The van der Waals surface area contributed by atoms with Crippen molar-refractivity contribution in [3.05, 3.63) is 35.6 Å². The van der Waals surface area contributed by atoms with Gasteiger partial charge in [0, 0.05) is 7.11 Å². The first kappa shape index (κ1) is 14.1. The summed E-state index contributed by atoms with van der Waals surface area (Å²) in [5.74, 6) is 5.34. The van der Waals surface area contributed by atoms with Gasteiger partial charge in [-0.1, -0.05) is 19.1 Å². The SMILES string of the molecule is CCC(C)(OC)C(Cc1cccc(F)c1)NN. The summed E-state index contributed by atoms with van der Waals surface area (Å²) in [6, 6.07) is 6.49. The molecule has 3 nitrogen and oxygen atoms in total. The first-order valence-electron chi connectivity index (χ1n) is 5.81. The number of hydrogen-bond donors (Lipinski definition) is 2. The molecule has 2 unspecified atom stereocenters. The molecule has 0 aliphatic carbocycles. The van der Waals surface area contributed by atoms with Gasteiger partial charge in [-0.25, -0.2) is 4.39 Å². The number of hydrogen-bond acceptors (Lipinski definition) is 3. The van der Waals surface area contributed by atoms with Crippen LogP contribution in [-0.4, -0.2) is 18.8 Å². The van der Waals surface area contributed by atoms with Crippen molar-refractivity contribution >= 4 is 0 Å². The lowest BCUT2D eigenvalue weighted by molar-refractivity contribution is -0.0288. The van der Waals surface area contributed by atoms with Gasteiger partial charge < -0.3 is 4.74 Å². The molecule has 96 valence electrons. The number of nitrogens with one attached hydrogen (secondary N) is 1. The second kappa shape index (κ2) is 6.10. The predicted octanol–water partition coefficient (Wildman–Crippen LogP) is 2.02. The zero-order valence-corrected chi connectivity index (χ0v) is 10.7. The van der Waals surface area contributed by atoms with E-state index in [-0.39, 0.29) is 17.5 Å². The third-order valence-electron chi connectivity index (χ3n) is 3.44. The zero-order chi connectivity index (χ0) is 12.9. The van der Waals surface area contributed by atoms with E-state index in [1.165, 1.54) is 12.1 Å². The largest absolute Gasteiger partial charge is 0.377 e. The van der Waals surface area contributed by atoms with Gasteiger partial charge in [0.15, 0.2) is 0 Å². The van der Waals surface area contributed by atoms with E-state index in [4.69, 9.17) is 10.6 Å². The van der Waals surface area contributed by atoms with Crippen LogP contribution in [0.4, 0.5) is 4.39 Å². The summed E-state index contributed by atoms with van der Waals surface area (Å²) in [6.07, 6.45) is 1.46. The number of methoxy groups -OCH3 is 1. The molecule has 1 aromatic carbocycles. The maximum absolute atomic E-state index is 13.1. The first-order chi connectivity index (χ1) is 8.05. The Balaban J connectivity index is 2.83. The monoisotopic (exact) mass is 240 g/mol. The molecule has 0 spiro atoms. The molecule has 0 fully saturated rings. The Labute approximate surface area is 102 Å². The number of nitrogens with two attached hydrogens (primary N) is 1. The zero-order valence-electron chi connectivity index (χ0n) is 10.7. The Morgan fingerprint density at radius 2 is 2.24 bits per heavy atom. The average Bonchev–Trinajstić information content (AvgIpc) is 2.35. The Bertz CT molecular complexity index is 353. The molecule has 0 saturated heterocycles. The summed E-state index contributed by atoms with van der Waals surface area (Å²) in [4.78, 5) is 0. The van der Waals surface area contributed by atoms with Crippen LogP contribution in [0.25, 0.3) is 0 Å². The third-order valence-corrected chi connectivity index (χ3v) is 3.44. The molecule has 0 bridgehead atoms. The average molecular weight is 240 g/mol. The highest BCUT2D eigenvalue weighted by Crippen LogP contribution is 2.22. The van der Waals surface area contributed by atoms with Gasteiger partial charge in [-0.3, -0.25) is 11.3 Å². The van der Waals surface area contributed by atoms with Crippen LogP contribution in [0.15, 0.2) is 24.3 Å². The fourth-order valence-electron chi connectivity index (χ4n) is 1.88. The van der Waals surface area contributed by atoms with Crippen molar-refractivity contribution in [2.24, 2.45) is 5.84 Å². The van der Waals surface area contributed by atoms with Crippen molar-refractivity contribution in [1.29, 1.82) is 0 Å². The highest BCUT2D eigenvalue weighted by atomic mass is 19.1. The summed E-state index contributed by atoms with van der Waals surface area (Å²) >= 11 is 0. The van der Waals surface area contributed by atoms with Gasteiger partial charge in [0.2, 0.25) is 0 Å². The Kier molecular flexibility index (Phi) is 5.05. The van der Waals surface area contributed by atoms with Crippen LogP contribution in [0, 0.1) is 5.82 Å². The van der Waals surface area contributed by atoms with Gasteiger partial charge in [-0.05, 0) is 37.5 Å². The molecule has 1 aromatic rings. The lowest BCUT2D eigenvalue weighted by Crippen LogP contribution is -2.53. The summed E-state index contributed by atoms with van der Waals surface area (Å²) < 4.78 is 18.6. The summed E-state index contributed by atoms with van der Waals surface area (Å²) in [5, 5.41) is 0. The van der Waals surface area contributed by atoms with Gasteiger partial charge in [0.1, 0.15) is 5.82 Å².